The fraction of sp³-hybridized carbons (Fsp3) is 0. The first-order valence-electron chi connectivity index (χ1n) is 4.18. The second kappa shape index (κ2) is 3.66. The highest BCUT2D eigenvalue weighted by molar-refractivity contribution is 5.60. The number of hydrazine groups is 1. The van der Waals surface area contributed by atoms with Crippen molar-refractivity contribution in [2.24, 2.45) is 5.84 Å². The number of hydrogen-bond acceptors (Lipinski definition) is 3. The van der Waals surface area contributed by atoms with E-state index in [1.54, 1.807) is 0 Å². The number of aromatic nitrogens is 2. The Morgan fingerprint density at radius 1 is 1.27 bits per heavy atom. The predicted molar refractivity (Wildman–Crippen MR) is 51.7 cm³/mol. The zero-order chi connectivity index (χ0) is 10.8. The van der Waals surface area contributed by atoms with E-state index >= 15 is 0 Å². The largest absolute Gasteiger partial charge is 0.323 e. The second-order valence-corrected chi connectivity index (χ2v) is 2.92. The average molecular weight is 210 g/mol. The highest BCUT2D eigenvalue weighted by Gasteiger charge is 2.06. The number of aromatic amines is 1. The minimum absolute atomic E-state index is 0.356. The van der Waals surface area contributed by atoms with Gasteiger partial charge in [-0.1, -0.05) is 0 Å². The molecule has 0 radical (unpaired) electrons. The van der Waals surface area contributed by atoms with E-state index in [9.17, 15) is 8.78 Å². The molecule has 4 N–H and O–H groups in total. The molecule has 0 unspecified atom stereocenters. The molecule has 6 heteroatoms. The van der Waals surface area contributed by atoms with Gasteiger partial charge >= 0.3 is 0 Å². The first-order chi connectivity index (χ1) is 7.20. The van der Waals surface area contributed by atoms with Gasteiger partial charge < -0.3 is 4.98 Å². The Bertz CT molecular complexity index is 481. The maximum absolute atomic E-state index is 12.9. The van der Waals surface area contributed by atoms with Crippen LogP contribution in [0, 0.1) is 11.6 Å². The van der Waals surface area contributed by atoms with Gasteiger partial charge in [-0.05, 0) is 18.2 Å². The lowest BCUT2D eigenvalue weighted by molar-refractivity contribution is 0.509. The number of rotatable bonds is 2. The van der Waals surface area contributed by atoms with Gasteiger partial charge in [0.25, 0.3) is 0 Å². The Morgan fingerprint density at radius 3 is 2.67 bits per heavy atom. The van der Waals surface area contributed by atoms with Gasteiger partial charge in [-0.2, -0.15) is 0 Å². The minimum atomic E-state index is -0.899. The van der Waals surface area contributed by atoms with Gasteiger partial charge in [-0.25, -0.2) is 19.6 Å². The SMILES string of the molecule is NNc1ncc(-c2ccc(F)c(F)c2)[nH]1. The normalized spacial score (nSPS) is 10.3. The summed E-state index contributed by atoms with van der Waals surface area (Å²) >= 11 is 0. The summed E-state index contributed by atoms with van der Waals surface area (Å²) in [5, 5.41) is 0. The first kappa shape index (κ1) is 9.60. The Balaban J connectivity index is 2.40. The van der Waals surface area contributed by atoms with E-state index in [1.165, 1.54) is 12.3 Å². The minimum Gasteiger partial charge on any atom is -0.323 e. The monoisotopic (exact) mass is 210 g/mol. The number of nitrogens with two attached hydrogens (primary N) is 1. The van der Waals surface area contributed by atoms with Crippen molar-refractivity contribution in [1.29, 1.82) is 0 Å². The molecule has 0 aliphatic heterocycles. The van der Waals surface area contributed by atoms with Crippen LogP contribution in [-0.2, 0) is 0 Å². The number of hydrogen-bond donors (Lipinski definition) is 3. The van der Waals surface area contributed by atoms with E-state index in [0.717, 1.165) is 12.1 Å². The van der Waals surface area contributed by atoms with Crippen LogP contribution in [0.3, 0.4) is 0 Å². The van der Waals surface area contributed by atoms with Gasteiger partial charge in [0.1, 0.15) is 0 Å². The van der Waals surface area contributed by atoms with Gasteiger partial charge in [0.2, 0.25) is 5.95 Å². The number of H-pyrrole nitrogens is 1. The molecule has 0 spiro atoms. The molecule has 0 aliphatic carbocycles. The van der Waals surface area contributed by atoms with E-state index in [2.05, 4.69) is 15.4 Å². The third kappa shape index (κ3) is 1.79. The molecule has 0 fully saturated rings. The van der Waals surface area contributed by atoms with E-state index in [0.29, 0.717) is 17.2 Å². The van der Waals surface area contributed by atoms with Crippen molar-refractivity contribution in [3.8, 4) is 11.3 Å². The summed E-state index contributed by atoms with van der Waals surface area (Å²) in [6.07, 6.45) is 1.47. The fourth-order valence-electron chi connectivity index (χ4n) is 1.20. The quantitative estimate of drug-likeness (QED) is 0.521. The van der Waals surface area contributed by atoms with E-state index in [4.69, 9.17) is 5.84 Å². The topological polar surface area (TPSA) is 66.7 Å². The standard InChI is InChI=1S/C9H8F2N4/c10-6-2-1-5(3-7(6)11)8-4-13-9(14-8)15-12/h1-4H,12H2,(H2,13,14,15). The number of nitrogens with one attached hydrogen (secondary N) is 2. The number of nitrogens with zero attached hydrogens (tertiary/aromatic N) is 1. The van der Waals surface area contributed by atoms with Crippen LogP contribution in [-0.4, -0.2) is 9.97 Å². The Labute approximate surface area is 84.1 Å². The van der Waals surface area contributed by atoms with Gasteiger partial charge in [0, 0.05) is 5.56 Å². The van der Waals surface area contributed by atoms with Crippen LogP contribution < -0.4 is 11.3 Å². The molecule has 1 heterocycles. The summed E-state index contributed by atoms with van der Waals surface area (Å²) in [5.74, 6) is 3.70. The fourth-order valence-corrected chi connectivity index (χ4v) is 1.20. The van der Waals surface area contributed by atoms with Crippen LogP contribution in [0.25, 0.3) is 11.3 Å². The summed E-state index contributed by atoms with van der Waals surface area (Å²) < 4.78 is 25.6. The van der Waals surface area contributed by atoms with Gasteiger partial charge in [0.15, 0.2) is 11.6 Å². The summed E-state index contributed by atoms with van der Waals surface area (Å²) in [6, 6.07) is 3.59. The maximum Gasteiger partial charge on any atom is 0.215 e. The Kier molecular flexibility index (Phi) is 2.34. The number of nitrogen functional groups attached to an aromatic ring is 1. The maximum atomic E-state index is 12.9. The van der Waals surface area contributed by atoms with Crippen molar-refractivity contribution in [3.63, 3.8) is 0 Å². The summed E-state index contributed by atoms with van der Waals surface area (Å²) in [5.41, 5.74) is 3.37. The van der Waals surface area contributed by atoms with Gasteiger partial charge in [0.05, 0.1) is 11.9 Å². The number of halogens is 2. The van der Waals surface area contributed by atoms with Crippen molar-refractivity contribution in [1.82, 2.24) is 9.97 Å². The van der Waals surface area contributed by atoms with Crippen LogP contribution in [0.2, 0.25) is 0 Å². The van der Waals surface area contributed by atoms with Crippen LogP contribution in [0.15, 0.2) is 24.4 Å². The third-order valence-electron chi connectivity index (χ3n) is 1.94. The lowest BCUT2D eigenvalue weighted by Crippen LogP contribution is -2.07. The molecule has 2 rings (SSSR count). The predicted octanol–water partition coefficient (Wildman–Crippen LogP) is 1.64. The van der Waals surface area contributed by atoms with Crippen LogP contribution >= 0.6 is 0 Å². The Morgan fingerprint density at radius 2 is 2.07 bits per heavy atom. The summed E-state index contributed by atoms with van der Waals surface area (Å²) in [6.45, 7) is 0. The molecule has 0 aliphatic rings. The molecule has 0 saturated heterocycles. The molecule has 78 valence electrons. The lowest BCUT2D eigenvalue weighted by Gasteiger charge is -1.98. The van der Waals surface area contributed by atoms with Gasteiger partial charge in [-0.3, -0.25) is 5.43 Å². The smallest absolute Gasteiger partial charge is 0.215 e. The zero-order valence-electron chi connectivity index (χ0n) is 7.59. The molecule has 0 saturated carbocycles. The molecule has 2 aromatic rings. The first-order valence-corrected chi connectivity index (χ1v) is 4.18. The zero-order valence-corrected chi connectivity index (χ0v) is 7.59. The molecule has 0 atom stereocenters. The molecular weight excluding hydrogens is 202 g/mol. The lowest BCUT2D eigenvalue weighted by atomic mass is 10.1. The molecule has 0 bridgehead atoms. The number of anilines is 1. The molecule has 4 nitrogen and oxygen atoms in total. The summed E-state index contributed by atoms with van der Waals surface area (Å²) in [4.78, 5) is 6.64. The Hall–Kier alpha value is -1.95. The van der Waals surface area contributed by atoms with Crippen molar-refractivity contribution < 1.29 is 8.78 Å². The molecule has 1 aromatic heterocycles. The van der Waals surface area contributed by atoms with Crippen LogP contribution in [0.5, 0.6) is 0 Å². The third-order valence-corrected chi connectivity index (χ3v) is 1.94. The van der Waals surface area contributed by atoms with Crippen molar-refractivity contribution in [2.45, 2.75) is 0 Å². The molecular formula is C9H8F2N4. The van der Waals surface area contributed by atoms with Crippen molar-refractivity contribution in [2.75, 3.05) is 5.43 Å². The highest BCUT2D eigenvalue weighted by Crippen LogP contribution is 2.20. The van der Waals surface area contributed by atoms with E-state index in [1.807, 2.05) is 0 Å². The molecule has 1 aromatic carbocycles. The van der Waals surface area contributed by atoms with Gasteiger partial charge in [-0.15, -0.1) is 0 Å². The summed E-state index contributed by atoms with van der Waals surface area (Å²) in [7, 11) is 0. The molecule has 0 amide bonds. The van der Waals surface area contributed by atoms with Crippen LogP contribution in [0.1, 0.15) is 0 Å². The van der Waals surface area contributed by atoms with Crippen LogP contribution in [0.4, 0.5) is 14.7 Å². The van der Waals surface area contributed by atoms with E-state index < -0.39 is 11.6 Å². The number of benzene rings is 1. The highest BCUT2D eigenvalue weighted by atomic mass is 19.2. The average Bonchev–Trinajstić information content (AvgIpc) is 2.70. The second-order valence-electron chi connectivity index (χ2n) is 2.92. The van der Waals surface area contributed by atoms with Crippen molar-refractivity contribution >= 4 is 5.95 Å². The van der Waals surface area contributed by atoms with E-state index in [-0.39, 0.29) is 0 Å². The molecule has 15 heavy (non-hydrogen) atoms. The van der Waals surface area contributed by atoms with Crippen molar-refractivity contribution in [3.05, 3.63) is 36.0 Å². The number of imidazole rings is 1.